The number of benzene rings is 1. The van der Waals surface area contributed by atoms with Crippen LogP contribution >= 0.6 is 27.5 Å². The van der Waals surface area contributed by atoms with E-state index in [1.807, 2.05) is 12.1 Å². The molecule has 0 atom stereocenters. The van der Waals surface area contributed by atoms with Crippen LogP contribution in [0.1, 0.15) is 6.92 Å². The maximum absolute atomic E-state index is 11.0. The molecule has 0 aliphatic heterocycles. The van der Waals surface area contributed by atoms with Crippen molar-refractivity contribution in [2.75, 3.05) is 18.5 Å². The number of esters is 1. The Labute approximate surface area is 114 Å². The molecule has 1 aromatic rings. The Morgan fingerprint density at radius 3 is 3.00 bits per heavy atom. The fourth-order valence-corrected chi connectivity index (χ4v) is 1.62. The summed E-state index contributed by atoms with van der Waals surface area (Å²) in [6, 6.07) is 5.54. The number of carbonyl (C=O) groups excluding carboxylic acids is 1. The van der Waals surface area contributed by atoms with Gasteiger partial charge in [0.2, 0.25) is 0 Å². The number of carbonyl (C=O) groups is 1. The van der Waals surface area contributed by atoms with Gasteiger partial charge in [0, 0.05) is 22.8 Å². The van der Waals surface area contributed by atoms with E-state index in [9.17, 15) is 4.79 Å². The first kappa shape index (κ1) is 14.1. The van der Waals surface area contributed by atoms with Crippen LogP contribution in [0.5, 0.6) is 0 Å². The maximum Gasteiger partial charge on any atom is 0.330 e. The molecule has 1 N–H and O–H groups in total. The van der Waals surface area contributed by atoms with Crippen molar-refractivity contribution in [3.8, 4) is 0 Å². The molecule has 0 amide bonds. The van der Waals surface area contributed by atoms with Gasteiger partial charge >= 0.3 is 5.97 Å². The third-order valence-corrected chi connectivity index (χ3v) is 3.10. The molecule has 5 heteroatoms. The van der Waals surface area contributed by atoms with E-state index in [0.717, 1.165) is 10.2 Å². The largest absolute Gasteiger partial charge is 0.463 e. The molecule has 0 spiro atoms. The Balaban J connectivity index is 2.40. The number of ether oxygens (including phenoxy) is 1. The van der Waals surface area contributed by atoms with Crippen molar-refractivity contribution in [2.24, 2.45) is 0 Å². The molecule has 0 saturated carbocycles. The molecule has 1 aromatic carbocycles. The van der Waals surface area contributed by atoms with Gasteiger partial charge in [0.15, 0.2) is 0 Å². The second-order valence-corrected chi connectivity index (χ2v) is 4.43. The summed E-state index contributed by atoms with van der Waals surface area (Å²) in [5.41, 5.74) is 0.926. The minimum absolute atomic E-state index is 0.327. The van der Waals surface area contributed by atoms with Crippen molar-refractivity contribution in [1.82, 2.24) is 0 Å². The van der Waals surface area contributed by atoms with Crippen molar-refractivity contribution >= 4 is 39.2 Å². The highest BCUT2D eigenvalue weighted by Crippen LogP contribution is 2.25. The molecular weight excluding hydrogens is 305 g/mol. The Kier molecular flexibility index (Phi) is 6.08. The normalized spacial score (nSPS) is 10.5. The van der Waals surface area contributed by atoms with E-state index in [4.69, 9.17) is 16.3 Å². The van der Waals surface area contributed by atoms with Gasteiger partial charge in [-0.1, -0.05) is 17.7 Å². The molecule has 0 heterocycles. The molecule has 17 heavy (non-hydrogen) atoms. The van der Waals surface area contributed by atoms with Crippen LogP contribution in [0.3, 0.4) is 0 Å². The molecule has 0 bridgehead atoms. The lowest BCUT2D eigenvalue weighted by molar-refractivity contribution is -0.137. The summed E-state index contributed by atoms with van der Waals surface area (Å²) in [4.78, 5) is 11.0. The lowest BCUT2D eigenvalue weighted by Crippen LogP contribution is -2.02. The van der Waals surface area contributed by atoms with Crippen LogP contribution < -0.4 is 5.32 Å². The summed E-state index contributed by atoms with van der Waals surface area (Å²) in [5, 5.41) is 3.79. The monoisotopic (exact) mass is 317 g/mol. The van der Waals surface area contributed by atoms with Gasteiger partial charge in [-0.05, 0) is 41.1 Å². The minimum Gasteiger partial charge on any atom is -0.463 e. The van der Waals surface area contributed by atoms with E-state index in [1.54, 1.807) is 19.1 Å². The van der Waals surface area contributed by atoms with E-state index >= 15 is 0 Å². The molecular formula is C12H13BrClNO2. The van der Waals surface area contributed by atoms with Gasteiger partial charge in [0.25, 0.3) is 0 Å². The third kappa shape index (κ3) is 5.24. The Morgan fingerprint density at radius 1 is 1.59 bits per heavy atom. The summed E-state index contributed by atoms with van der Waals surface area (Å²) in [6.45, 7) is 2.71. The molecule has 0 fully saturated rings. The van der Waals surface area contributed by atoms with Gasteiger partial charge in [-0.3, -0.25) is 0 Å². The summed E-state index contributed by atoms with van der Waals surface area (Å²) >= 11 is 9.20. The first-order valence-electron chi connectivity index (χ1n) is 5.15. The van der Waals surface area contributed by atoms with E-state index < -0.39 is 0 Å². The first-order chi connectivity index (χ1) is 8.13. The number of halogens is 2. The summed E-state index contributed by atoms with van der Waals surface area (Å²) < 4.78 is 5.58. The van der Waals surface area contributed by atoms with Crippen LogP contribution in [-0.2, 0) is 9.53 Å². The highest BCUT2D eigenvalue weighted by Gasteiger charge is 1.97. The zero-order valence-electron chi connectivity index (χ0n) is 9.37. The highest BCUT2D eigenvalue weighted by atomic mass is 79.9. The average molecular weight is 319 g/mol. The van der Waals surface area contributed by atoms with Crippen molar-refractivity contribution in [1.29, 1.82) is 0 Å². The van der Waals surface area contributed by atoms with Gasteiger partial charge in [0.05, 0.1) is 11.6 Å². The third-order valence-electron chi connectivity index (χ3n) is 1.88. The van der Waals surface area contributed by atoms with Gasteiger partial charge in [0.1, 0.15) is 0 Å². The van der Waals surface area contributed by atoms with E-state index in [1.165, 1.54) is 6.08 Å². The Bertz CT molecular complexity index is 421. The summed E-state index contributed by atoms with van der Waals surface area (Å²) in [5.74, 6) is -0.327. The second kappa shape index (κ2) is 7.35. The predicted molar refractivity (Wildman–Crippen MR) is 73.4 cm³/mol. The van der Waals surface area contributed by atoms with Gasteiger partial charge in [-0.25, -0.2) is 4.79 Å². The standard InChI is InChI=1S/C12H13BrClNO2/c1-2-17-12(16)4-3-7-15-9-5-6-11(14)10(13)8-9/h3-6,8,15H,2,7H2,1H3/b4-3+. The fourth-order valence-electron chi connectivity index (χ4n) is 1.13. The lowest BCUT2D eigenvalue weighted by Gasteiger charge is -2.04. The molecule has 0 aromatic heterocycles. The zero-order chi connectivity index (χ0) is 12.7. The van der Waals surface area contributed by atoms with Gasteiger partial charge in [-0.15, -0.1) is 0 Å². The smallest absolute Gasteiger partial charge is 0.330 e. The summed E-state index contributed by atoms with van der Waals surface area (Å²) in [6.07, 6.45) is 3.11. The molecule has 92 valence electrons. The predicted octanol–water partition coefficient (Wildman–Crippen LogP) is 3.63. The van der Waals surface area contributed by atoms with Crippen molar-refractivity contribution < 1.29 is 9.53 Å². The SMILES string of the molecule is CCOC(=O)/C=C/CNc1ccc(Cl)c(Br)c1. The van der Waals surface area contributed by atoms with Crippen molar-refractivity contribution in [2.45, 2.75) is 6.92 Å². The molecule has 0 aliphatic rings. The van der Waals surface area contributed by atoms with E-state index in [-0.39, 0.29) is 5.97 Å². The van der Waals surface area contributed by atoms with Crippen LogP contribution in [0, 0.1) is 0 Å². The molecule has 0 unspecified atom stereocenters. The molecule has 1 rings (SSSR count). The average Bonchev–Trinajstić information content (AvgIpc) is 2.29. The van der Waals surface area contributed by atoms with Crippen LogP contribution in [0.25, 0.3) is 0 Å². The molecule has 0 radical (unpaired) electrons. The van der Waals surface area contributed by atoms with Crippen LogP contribution in [0.4, 0.5) is 5.69 Å². The fraction of sp³-hybridized carbons (Fsp3) is 0.250. The van der Waals surface area contributed by atoms with Crippen LogP contribution in [-0.4, -0.2) is 19.1 Å². The number of anilines is 1. The first-order valence-corrected chi connectivity index (χ1v) is 6.32. The topological polar surface area (TPSA) is 38.3 Å². The van der Waals surface area contributed by atoms with Gasteiger partial charge in [-0.2, -0.15) is 0 Å². The Morgan fingerprint density at radius 2 is 2.35 bits per heavy atom. The molecule has 3 nitrogen and oxygen atoms in total. The number of rotatable bonds is 5. The second-order valence-electron chi connectivity index (χ2n) is 3.16. The summed E-state index contributed by atoms with van der Waals surface area (Å²) in [7, 11) is 0. The van der Waals surface area contributed by atoms with Crippen LogP contribution in [0.15, 0.2) is 34.8 Å². The zero-order valence-corrected chi connectivity index (χ0v) is 11.7. The van der Waals surface area contributed by atoms with E-state index in [0.29, 0.717) is 18.2 Å². The quantitative estimate of drug-likeness (QED) is 0.665. The lowest BCUT2D eigenvalue weighted by atomic mass is 10.3. The number of hydrogen-bond donors (Lipinski definition) is 1. The number of nitrogens with one attached hydrogen (secondary N) is 1. The Hall–Kier alpha value is -1.000. The molecule has 0 aliphatic carbocycles. The highest BCUT2D eigenvalue weighted by molar-refractivity contribution is 9.10. The van der Waals surface area contributed by atoms with Crippen LogP contribution in [0.2, 0.25) is 5.02 Å². The molecule has 0 saturated heterocycles. The maximum atomic E-state index is 11.0. The van der Waals surface area contributed by atoms with E-state index in [2.05, 4.69) is 21.2 Å². The van der Waals surface area contributed by atoms with Crippen molar-refractivity contribution in [3.05, 3.63) is 39.8 Å². The minimum atomic E-state index is -0.327. The van der Waals surface area contributed by atoms with Crippen molar-refractivity contribution in [3.63, 3.8) is 0 Å². The van der Waals surface area contributed by atoms with Gasteiger partial charge < -0.3 is 10.1 Å². The number of hydrogen-bond acceptors (Lipinski definition) is 3.